The van der Waals surface area contributed by atoms with Gasteiger partial charge in [0.1, 0.15) is 11.6 Å². The predicted molar refractivity (Wildman–Crippen MR) is 138 cm³/mol. The van der Waals surface area contributed by atoms with E-state index in [4.69, 9.17) is 0 Å². The number of nitrogens with zero attached hydrogens (tertiary/aromatic N) is 1. The zero-order chi connectivity index (χ0) is 26.7. The van der Waals surface area contributed by atoms with E-state index in [1.54, 1.807) is 17.0 Å². The molecule has 0 radical (unpaired) electrons. The SMILES string of the molecule is CNC(=O)CN1CC(C(=O)c2cccc(F)c2)C(c2cccc(C)c2C)C(C(=O)c2cccc(F)c2)C1. The Labute approximate surface area is 215 Å². The Hall–Kier alpha value is -3.71. The summed E-state index contributed by atoms with van der Waals surface area (Å²) in [7, 11) is 1.52. The van der Waals surface area contributed by atoms with Crippen LogP contribution in [0.4, 0.5) is 8.78 Å². The smallest absolute Gasteiger partial charge is 0.233 e. The molecule has 3 aromatic rings. The molecule has 0 spiro atoms. The van der Waals surface area contributed by atoms with Crippen LogP contribution in [0.25, 0.3) is 0 Å². The van der Waals surface area contributed by atoms with E-state index in [1.807, 2.05) is 32.0 Å². The largest absolute Gasteiger partial charge is 0.358 e. The Balaban J connectivity index is 1.87. The zero-order valence-electron chi connectivity index (χ0n) is 21.1. The van der Waals surface area contributed by atoms with Crippen LogP contribution in [0.15, 0.2) is 66.7 Å². The maximum absolute atomic E-state index is 14.1. The van der Waals surface area contributed by atoms with Crippen molar-refractivity contribution in [2.45, 2.75) is 19.8 Å². The molecule has 0 saturated carbocycles. The summed E-state index contributed by atoms with van der Waals surface area (Å²) in [4.78, 5) is 41.9. The number of nitrogens with one attached hydrogen (secondary N) is 1. The van der Waals surface area contributed by atoms with Gasteiger partial charge in [0.05, 0.1) is 6.54 Å². The van der Waals surface area contributed by atoms with E-state index in [0.717, 1.165) is 16.7 Å². The number of likely N-dealkylation sites (tertiary alicyclic amines) is 1. The summed E-state index contributed by atoms with van der Waals surface area (Å²) in [5, 5.41) is 2.59. The topological polar surface area (TPSA) is 66.5 Å². The van der Waals surface area contributed by atoms with E-state index in [9.17, 15) is 23.2 Å². The highest BCUT2D eigenvalue weighted by Gasteiger charge is 2.45. The van der Waals surface area contributed by atoms with Crippen LogP contribution in [-0.4, -0.2) is 49.1 Å². The van der Waals surface area contributed by atoms with Gasteiger partial charge in [0, 0.05) is 49.0 Å². The number of carbonyl (C=O) groups is 3. The van der Waals surface area contributed by atoms with Crippen molar-refractivity contribution in [3.8, 4) is 0 Å². The van der Waals surface area contributed by atoms with Gasteiger partial charge >= 0.3 is 0 Å². The van der Waals surface area contributed by atoms with E-state index in [2.05, 4.69) is 5.32 Å². The average molecular weight is 505 g/mol. The van der Waals surface area contributed by atoms with Gasteiger partial charge in [-0.3, -0.25) is 19.3 Å². The number of halogens is 2. The standard InChI is InChI=1S/C30H30F2N2O3/c1-18-7-4-12-24(19(18)2)28-25(29(36)20-8-5-10-22(31)13-20)15-34(17-27(35)33-3)16-26(28)30(37)21-9-6-11-23(32)14-21/h4-14,25-26,28H,15-17H2,1-3H3,(H,33,35). The third kappa shape index (κ3) is 5.67. The van der Waals surface area contributed by atoms with Gasteiger partial charge in [-0.15, -0.1) is 0 Å². The van der Waals surface area contributed by atoms with Crippen LogP contribution in [0.5, 0.6) is 0 Å². The molecule has 2 unspecified atom stereocenters. The van der Waals surface area contributed by atoms with Gasteiger partial charge in [-0.1, -0.05) is 42.5 Å². The van der Waals surface area contributed by atoms with Gasteiger partial charge in [-0.2, -0.15) is 0 Å². The average Bonchev–Trinajstić information content (AvgIpc) is 2.89. The van der Waals surface area contributed by atoms with E-state index in [1.165, 1.54) is 43.4 Å². The van der Waals surface area contributed by atoms with Crippen LogP contribution >= 0.6 is 0 Å². The summed E-state index contributed by atoms with van der Waals surface area (Å²) in [5.74, 6) is -3.93. The highest BCUT2D eigenvalue weighted by atomic mass is 19.1. The Morgan fingerprint density at radius 1 is 0.838 bits per heavy atom. The number of hydrogen-bond donors (Lipinski definition) is 1. The van der Waals surface area contributed by atoms with Crippen molar-refractivity contribution in [2.75, 3.05) is 26.7 Å². The summed E-state index contributed by atoms with van der Waals surface area (Å²) in [5.41, 5.74) is 3.24. The normalized spacial score (nSPS) is 19.9. The second-order valence-electron chi connectivity index (χ2n) is 9.64. The monoisotopic (exact) mass is 504 g/mol. The van der Waals surface area contributed by atoms with Crippen molar-refractivity contribution in [3.63, 3.8) is 0 Å². The lowest BCUT2D eigenvalue weighted by Gasteiger charge is -2.43. The first-order valence-corrected chi connectivity index (χ1v) is 12.3. The molecule has 1 heterocycles. The fraction of sp³-hybridized carbons (Fsp3) is 0.300. The molecule has 1 N–H and O–H groups in total. The summed E-state index contributed by atoms with van der Waals surface area (Å²) < 4.78 is 28.2. The third-order valence-electron chi connectivity index (χ3n) is 7.32. The van der Waals surface area contributed by atoms with Gasteiger partial charge in [0.2, 0.25) is 5.91 Å². The molecule has 0 aliphatic carbocycles. The highest BCUT2D eigenvalue weighted by molar-refractivity contribution is 6.02. The van der Waals surface area contributed by atoms with Crippen molar-refractivity contribution < 1.29 is 23.2 Å². The first-order chi connectivity index (χ1) is 17.7. The van der Waals surface area contributed by atoms with Crippen molar-refractivity contribution in [1.82, 2.24) is 10.2 Å². The Kier molecular flexibility index (Phi) is 7.93. The molecule has 4 rings (SSSR count). The maximum Gasteiger partial charge on any atom is 0.233 e. The fourth-order valence-electron chi connectivity index (χ4n) is 5.32. The molecule has 1 aliphatic heterocycles. The van der Waals surface area contributed by atoms with Crippen LogP contribution < -0.4 is 5.32 Å². The molecule has 1 aliphatic rings. The number of rotatable bonds is 7. The molecule has 2 atom stereocenters. The third-order valence-corrected chi connectivity index (χ3v) is 7.32. The van der Waals surface area contributed by atoms with Crippen LogP contribution in [0.1, 0.15) is 43.3 Å². The van der Waals surface area contributed by atoms with Crippen LogP contribution in [0.2, 0.25) is 0 Å². The molecule has 0 bridgehead atoms. The van der Waals surface area contributed by atoms with Crippen molar-refractivity contribution in [1.29, 1.82) is 0 Å². The van der Waals surface area contributed by atoms with Crippen LogP contribution in [0, 0.1) is 37.3 Å². The number of aryl methyl sites for hydroxylation is 1. The van der Waals surface area contributed by atoms with Crippen LogP contribution in [0.3, 0.4) is 0 Å². The predicted octanol–water partition coefficient (Wildman–Crippen LogP) is 4.73. The zero-order valence-corrected chi connectivity index (χ0v) is 21.1. The van der Waals surface area contributed by atoms with E-state index in [-0.39, 0.29) is 48.2 Å². The summed E-state index contributed by atoms with van der Waals surface area (Å²) in [6.45, 7) is 4.35. The first kappa shape index (κ1) is 26.4. The minimum Gasteiger partial charge on any atom is -0.358 e. The van der Waals surface area contributed by atoms with Crippen molar-refractivity contribution in [2.24, 2.45) is 11.8 Å². The summed E-state index contributed by atoms with van der Waals surface area (Å²) in [6, 6.07) is 16.8. The van der Waals surface area contributed by atoms with Gasteiger partial charge in [0.25, 0.3) is 0 Å². The lowest BCUT2D eigenvalue weighted by Crippen LogP contribution is -2.52. The van der Waals surface area contributed by atoms with Crippen molar-refractivity contribution in [3.05, 3.63) is 106 Å². The molecule has 1 saturated heterocycles. The number of likely N-dealkylation sites (N-methyl/N-ethyl adjacent to an activating group) is 1. The Morgan fingerprint density at radius 3 is 1.84 bits per heavy atom. The number of benzene rings is 3. The number of piperidine rings is 1. The quantitative estimate of drug-likeness (QED) is 0.473. The number of carbonyl (C=O) groups excluding carboxylic acids is 3. The maximum atomic E-state index is 14.1. The second kappa shape index (κ2) is 11.1. The number of Topliss-reactive ketones (excluding diaryl/α,β-unsaturated/α-hetero) is 2. The van der Waals surface area contributed by atoms with E-state index in [0.29, 0.717) is 0 Å². The number of hydrogen-bond acceptors (Lipinski definition) is 4. The molecular formula is C30H30F2N2O3. The number of amides is 1. The molecule has 1 fully saturated rings. The molecule has 3 aromatic carbocycles. The fourth-order valence-corrected chi connectivity index (χ4v) is 5.32. The van der Waals surface area contributed by atoms with E-state index < -0.39 is 29.4 Å². The molecule has 1 amide bonds. The van der Waals surface area contributed by atoms with E-state index >= 15 is 0 Å². The van der Waals surface area contributed by atoms with Gasteiger partial charge in [-0.05, 0) is 54.8 Å². The number of ketones is 2. The minimum absolute atomic E-state index is 0.00409. The minimum atomic E-state index is -0.733. The molecule has 5 nitrogen and oxygen atoms in total. The highest BCUT2D eigenvalue weighted by Crippen LogP contribution is 2.42. The summed E-state index contributed by atoms with van der Waals surface area (Å²) in [6.07, 6.45) is 0. The first-order valence-electron chi connectivity index (χ1n) is 12.3. The molecule has 7 heteroatoms. The lowest BCUT2D eigenvalue weighted by molar-refractivity contribution is -0.122. The van der Waals surface area contributed by atoms with Crippen molar-refractivity contribution >= 4 is 17.5 Å². The molecular weight excluding hydrogens is 474 g/mol. The Morgan fingerprint density at radius 2 is 1.35 bits per heavy atom. The lowest BCUT2D eigenvalue weighted by atomic mass is 9.67. The molecule has 192 valence electrons. The molecule has 0 aromatic heterocycles. The van der Waals surface area contributed by atoms with Gasteiger partial charge < -0.3 is 5.32 Å². The summed E-state index contributed by atoms with van der Waals surface area (Å²) >= 11 is 0. The second-order valence-corrected chi connectivity index (χ2v) is 9.64. The molecule has 37 heavy (non-hydrogen) atoms. The van der Waals surface area contributed by atoms with Gasteiger partial charge in [0.15, 0.2) is 11.6 Å². The Bertz CT molecular complexity index is 1270. The van der Waals surface area contributed by atoms with Crippen LogP contribution in [-0.2, 0) is 4.79 Å². The van der Waals surface area contributed by atoms with Gasteiger partial charge in [-0.25, -0.2) is 8.78 Å².